The number of nitrogens with one attached hydrogen (secondary N) is 2. The third-order valence-electron chi connectivity index (χ3n) is 6.39. The molecule has 7 nitrogen and oxygen atoms in total. The van der Waals surface area contributed by atoms with Crippen LogP contribution in [-0.4, -0.2) is 40.4 Å². The lowest BCUT2D eigenvalue weighted by Gasteiger charge is -2.40. The summed E-state index contributed by atoms with van der Waals surface area (Å²) in [6.07, 6.45) is -4.92. The Morgan fingerprint density at radius 1 is 0.878 bits per heavy atom. The average molecular weight is 581 g/mol. The molecular weight excluding hydrogens is 559 g/mol. The van der Waals surface area contributed by atoms with Gasteiger partial charge in [0.1, 0.15) is 11.4 Å². The summed E-state index contributed by atoms with van der Waals surface area (Å²) < 4.78 is 93.2. The molecule has 0 bridgehead atoms. The second-order valence-electron chi connectivity index (χ2n) is 9.24. The van der Waals surface area contributed by atoms with Crippen LogP contribution in [0.5, 0.6) is 0 Å². The highest BCUT2D eigenvalue weighted by atomic mass is 19.4. The van der Waals surface area contributed by atoms with Gasteiger partial charge in [-0.3, -0.25) is 9.59 Å². The van der Waals surface area contributed by atoms with Gasteiger partial charge in [-0.15, -0.1) is 0 Å². The highest BCUT2D eigenvalue weighted by molar-refractivity contribution is 6.03. The Labute approximate surface area is 229 Å². The number of hydrogen-bond donors (Lipinski definition) is 2. The number of carbonyl (C=O) groups excluding carboxylic acids is 2. The molecule has 2 aromatic carbocycles. The van der Waals surface area contributed by atoms with Gasteiger partial charge in [-0.2, -0.15) is 26.3 Å². The van der Waals surface area contributed by atoms with Gasteiger partial charge < -0.3 is 15.5 Å². The number of anilines is 2. The van der Waals surface area contributed by atoms with Crippen molar-refractivity contribution in [3.8, 4) is 0 Å². The molecule has 4 rings (SSSR count). The van der Waals surface area contributed by atoms with E-state index in [0.29, 0.717) is 23.6 Å². The van der Waals surface area contributed by atoms with Gasteiger partial charge in [0.05, 0.1) is 11.1 Å². The van der Waals surface area contributed by atoms with Crippen molar-refractivity contribution in [1.82, 2.24) is 15.3 Å². The molecule has 14 heteroatoms. The molecule has 216 valence electrons. The van der Waals surface area contributed by atoms with E-state index in [0.717, 1.165) is 6.08 Å². The van der Waals surface area contributed by atoms with E-state index < -0.39 is 52.3 Å². The van der Waals surface area contributed by atoms with Gasteiger partial charge in [0.25, 0.3) is 0 Å². The maximum atomic E-state index is 13.5. The minimum atomic E-state index is -5.11. The molecular formula is C27H22F7N5O2. The molecule has 3 aromatic rings. The molecule has 1 aromatic heterocycles. The van der Waals surface area contributed by atoms with E-state index in [4.69, 9.17) is 0 Å². The smallest absolute Gasteiger partial charge is 0.341 e. The number of piperidine rings is 1. The summed E-state index contributed by atoms with van der Waals surface area (Å²) in [4.78, 5) is 36.3. The molecule has 2 amide bonds. The third kappa shape index (κ3) is 7.38. The first kappa shape index (κ1) is 29.5. The molecule has 0 saturated carbocycles. The highest BCUT2D eigenvalue weighted by Gasteiger charge is 2.44. The quantitative estimate of drug-likeness (QED) is 0.298. The normalized spacial score (nSPS) is 15.5. The second kappa shape index (κ2) is 11.6. The third-order valence-corrected chi connectivity index (χ3v) is 6.39. The fraction of sp³-hybridized carbons (Fsp3) is 0.259. The second-order valence-corrected chi connectivity index (χ2v) is 9.24. The van der Waals surface area contributed by atoms with E-state index in [9.17, 15) is 40.3 Å². The van der Waals surface area contributed by atoms with Gasteiger partial charge >= 0.3 is 12.4 Å². The van der Waals surface area contributed by atoms with E-state index in [1.165, 1.54) is 42.7 Å². The zero-order valence-electron chi connectivity index (χ0n) is 21.1. The predicted octanol–water partition coefficient (Wildman–Crippen LogP) is 5.46. The number of rotatable bonds is 6. The Kier molecular flexibility index (Phi) is 8.31. The van der Waals surface area contributed by atoms with Crippen molar-refractivity contribution >= 4 is 29.5 Å². The Bertz CT molecular complexity index is 1380. The highest BCUT2D eigenvalue weighted by Crippen LogP contribution is 2.38. The van der Waals surface area contributed by atoms with E-state index in [-0.39, 0.29) is 32.0 Å². The van der Waals surface area contributed by atoms with Crippen molar-refractivity contribution in [2.45, 2.75) is 30.7 Å². The molecule has 1 aliphatic rings. The maximum absolute atomic E-state index is 13.5. The van der Waals surface area contributed by atoms with Crippen LogP contribution >= 0.6 is 0 Å². The Hall–Kier alpha value is -4.49. The van der Waals surface area contributed by atoms with Crippen molar-refractivity contribution in [3.05, 3.63) is 89.5 Å². The molecule has 2 N–H and O–H groups in total. The lowest BCUT2D eigenvalue weighted by molar-refractivity contribution is -0.143. The average Bonchev–Trinajstić information content (AvgIpc) is 2.92. The van der Waals surface area contributed by atoms with Crippen molar-refractivity contribution in [1.29, 1.82) is 0 Å². The van der Waals surface area contributed by atoms with Crippen LogP contribution in [0.25, 0.3) is 6.08 Å². The van der Waals surface area contributed by atoms with E-state index in [1.807, 2.05) is 0 Å². The lowest BCUT2D eigenvalue weighted by Crippen LogP contribution is -2.61. The fourth-order valence-electron chi connectivity index (χ4n) is 4.25. The van der Waals surface area contributed by atoms with Crippen molar-refractivity contribution in [3.63, 3.8) is 0 Å². The van der Waals surface area contributed by atoms with Gasteiger partial charge in [0.15, 0.2) is 0 Å². The Balaban J connectivity index is 1.61. The van der Waals surface area contributed by atoms with E-state index >= 15 is 0 Å². The minimum absolute atomic E-state index is 0.0498. The summed E-state index contributed by atoms with van der Waals surface area (Å²) >= 11 is 0. The summed E-state index contributed by atoms with van der Waals surface area (Å²) in [6, 6.07) is 7.51. The molecule has 1 fully saturated rings. The summed E-state index contributed by atoms with van der Waals surface area (Å²) in [6.45, 7) is 0.269. The first-order valence-corrected chi connectivity index (χ1v) is 12.1. The molecule has 0 spiro atoms. The molecule has 1 aliphatic heterocycles. The topological polar surface area (TPSA) is 87.2 Å². The first-order chi connectivity index (χ1) is 19.2. The first-order valence-electron chi connectivity index (χ1n) is 12.1. The monoisotopic (exact) mass is 581 g/mol. The van der Waals surface area contributed by atoms with Gasteiger partial charge in [-0.25, -0.2) is 14.4 Å². The summed E-state index contributed by atoms with van der Waals surface area (Å²) in [7, 11) is 0. The molecule has 0 atom stereocenters. The van der Waals surface area contributed by atoms with Crippen LogP contribution in [0.15, 0.2) is 67.0 Å². The number of carbonyl (C=O) groups is 2. The predicted molar refractivity (Wildman–Crippen MR) is 135 cm³/mol. The van der Waals surface area contributed by atoms with Crippen molar-refractivity contribution < 1.29 is 40.3 Å². The summed E-state index contributed by atoms with van der Waals surface area (Å²) in [5.41, 5.74) is -5.17. The van der Waals surface area contributed by atoms with Gasteiger partial charge in [-0.1, -0.05) is 12.1 Å². The standard InChI is InChI=1S/C27H22F7N5O2/c28-20-5-2-17(3-6-20)4-7-22(40)38-25(8-12-39(13-9-25)24-35-10-1-11-36-24)23(41)37-21-15-18(26(29,30)31)14-19(16-21)27(32,33)34/h1-7,10-11,14-16H,8-9,12-13H2,(H,37,41)(H,38,40). The Morgan fingerprint density at radius 2 is 1.44 bits per heavy atom. The molecule has 0 radical (unpaired) electrons. The number of amides is 2. The summed E-state index contributed by atoms with van der Waals surface area (Å²) in [5.74, 6) is -1.90. The summed E-state index contributed by atoms with van der Waals surface area (Å²) in [5, 5.41) is 4.72. The van der Waals surface area contributed by atoms with Crippen LogP contribution in [0.1, 0.15) is 29.5 Å². The van der Waals surface area contributed by atoms with Crippen LogP contribution in [0.2, 0.25) is 0 Å². The number of nitrogens with zero attached hydrogens (tertiary/aromatic N) is 3. The van der Waals surface area contributed by atoms with Crippen LogP contribution < -0.4 is 15.5 Å². The molecule has 41 heavy (non-hydrogen) atoms. The number of alkyl halides is 6. The number of hydrogen-bond acceptors (Lipinski definition) is 5. The van der Waals surface area contributed by atoms with E-state index in [1.54, 1.807) is 11.0 Å². The van der Waals surface area contributed by atoms with Gasteiger partial charge in [0.2, 0.25) is 17.8 Å². The maximum Gasteiger partial charge on any atom is 0.416 e. The fourth-order valence-corrected chi connectivity index (χ4v) is 4.25. The number of halogens is 7. The Morgan fingerprint density at radius 3 is 1.98 bits per heavy atom. The number of aromatic nitrogens is 2. The largest absolute Gasteiger partial charge is 0.416 e. The van der Waals surface area contributed by atoms with Crippen molar-refractivity contribution in [2.24, 2.45) is 0 Å². The minimum Gasteiger partial charge on any atom is -0.341 e. The van der Waals surface area contributed by atoms with Crippen LogP contribution in [0.4, 0.5) is 42.4 Å². The zero-order valence-corrected chi connectivity index (χ0v) is 21.1. The van der Waals surface area contributed by atoms with Crippen LogP contribution in [0, 0.1) is 5.82 Å². The lowest BCUT2D eigenvalue weighted by atomic mass is 9.86. The van der Waals surface area contributed by atoms with Crippen molar-refractivity contribution in [2.75, 3.05) is 23.3 Å². The van der Waals surface area contributed by atoms with Gasteiger partial charge in [0, 0.05) is 37.2 Å². The number of benzene rings is 2. The van der Waals surface area contributed by atoms with Crippen LogP contribution in [-0.2, 0) is 21.9 Å². The SMILES string of the molecule is O=C(C=Cc1ccc(F)cc1)NC1(C(=O)Nc2cc(C(F)(F)F)cc(C(F)(F)F)c2)CCN(c2ncccn2)CC1. The molecule has 0 unspecified atom stereocenters. The van der Waals surface area contributed by atoms with Gasteiger partial charge in [-0.05, 0) is 60.9 Å². The van der Waals surface area contributed by atoms with Crippen LogP contribution in [0.3, 0.4) is 0 Å². The van der Waals surface area contributed by atoms with E-state index in [2.05, 4.69) is 20.6 Å². The molecule has 1 saturated heterocycles. The zero-order chi connectivity index (χ0) is 29.8. The molecule has 0 aliphatic carbocycles. The molecule has 2 heterocycles.